The third-order valence-electron chi connectivity index (χ3n) is 3.99. The minimum Gasteiger partial charge on any atom is -0.381 e. The van der Waals surface area contributed by atoms with Gasteiger partial charge in [0.25, 0.3) is 0 Å². The van der Waals surface area contributed by atoms with E-state index in [9.17, 15) is 8.42 Å². The van der Waals surface area contributed by atoms with E-state index in [0.29, 0.717) is 16.9 Å². The quantitative estimate of drug-likeness (QED) is 0.863. The molecule has 1 saturated carbocycles. The highest BCUT2D eigenvalue weighted by Gasteiger charge is 2.22. The minimum atomic E-state index is -3.17. The fourth-order valence-corrected chi connectivity index (χ4v) is 3.67. The molecule has 0 saturated heterocycles. The summed E-state index contributed by atoms with van der Waals surface area (Å²) in [5.41, 5.74) is 0.753. The van der Waals surface area contributed by atoms with E-state index < -0.39 is 9.84 Å². The molecule has 1 aliphatic rings. The lowest BCUT2D eigenvalue weighted by molar-refractivity contribution is 0.456. The van der Waals surface area contributed by atoms with E-state index in [4.69, 9.17) is 0 Å². The fourth-order valence-electron chi connectivity index (χ4n) is 2.82. The zero-order valence-electron chi connectivity index (χ0n) is 11.7. The van der Waals surface area contributed by atoms with Crippen LogP contribution in [-0.2, 0) is 9.84 Å². The molecule has 4 heteroatoms. The van der Waals surface area contributed by atoms with E-state index in [0.717, 1.165) is 12.1 Å². The van der Waals surface area contributed by atoms with Gasteiger partial charge < -0.3 is 5.32 Å². The summed E-state index contributed by atoms with van der Waals surface area (Å²) in [5.74, 6) is 0.593. The molecule has 1 aromatic carbocycles. The zero-order chi connectivity index (χ0) is 13.9. The molecule has 1 fully saturated rings. The molecule has 1 aliphatic carbocycles. The van der Waals surface area contributed by atoms with Crippen molar-refractivity contribution < 1.29 is 8.42 Å². The monoisotopic (exact) mass is 281 g/mol. The minimum absolute atomic E-state index is 0.380. The van der Waals surface area contributed by atoms with Crippen LogP contribution in [0.4, 0.5) is 5.69 Å². The molecule has 3 nitrogen and oxygen atoms in total. The average molecular weight is 281 g/mol. The molecular formula is C15H23NO2S. The molecule has 19 heavy (non-hydrogen) atoms. The maximum atomic E-state index is 11.8. The summed E-state index contributed by atoms with van der Waals surface area (Å²) in [7, 11) is -3.17. The molecule has 1 N–H and O–H groups in total. The summed E-state index contributed by atoms with van der Waals surface area (Å²) < 4.78 is 23.6. The van der Waals surface area contributed by atoms with Crippen molar-refractivity contribution in [1.82, 2.24) is 0 Å². The van der Waals surface area contributed by atoms with Crippen molar-refractivity contribution in [3.63, 3.8) is 0 Å². The molecule has 2 atom stereocenters. The van der Waals surface area contributed by atoms with Gasteiger partial charge in [-0.2, -0.15) is 0 Å². The second-order valence-electron chi connectivity index (χ2n) is 5.63. The standard InChI is InChI=1S/C15H23NO2S/c1-12-8-4-3-5-9-13(12)16-14-10-6-7-11-15(14)19(2,17)18/h6-7,10-13,16H,3-5,8-9H2,1-2H3. The Morgan fingerprint density at radius 3 is 2.53 bits per heavy atom. The van der Waals surface area contributed by atoms with Crippen LogP contribution in [0.5, 0.6) is 0 Å². The lowest BCUT2D eigenvalue weighted by Crippen LogP contribution is -2.27. The molecule has 0 aromatic heterocycles. The predicted molar refractivity (Wildman–Crippen MR) is 79.2 cm³/mol. The first-order chi connectivity index (χ1) is 8.98. The molecule has 106 valence electrons. The Labute approximate surface area is 116 Å². The number of anilines is 1. The lowest BCUT2D eigenvalue weighted by Gasteiger charge is -2.25. The molecule has 1 aromatic rings. The average Bonchev–Trinajstić information content (AvgIpc) is 2.54. The maximum absolute atomic E-state index is 11.8. The topological polar surface area (TPSA) is 46.2 Å². The second-order valence-corrected chi connectivity index (χ2v) is 7.62. The molecule has 2 unspecified atom stereocenters. The van der Waals surface area contributed by atoms with Gasteiger partial charge in [-0.3, -0.25) is 0 Å². The van der Waals surface area contributed by atoms with Crippen LogP contribution < -0.4 is 5.32 Å². The van der Waals surface area contributed by atoms with Crippen molar-refractivity contribution in [3.8, 4) is 0 Å². The van der Waals surface area contributed by atoms with E-state index >= 15 is 0 Å². The van der Waals surface area contributed by atoms with Crippen molar-refractivity contribution in [2.45, 2.75) is 50.0 Å². The summed E-state index contributed by atoms with van der Waals surface area (Å²) in [6.45, 7) is 2.26. The first-order valence-electron chi connectivity index (χ1n) is 7.04. The van der Waals surface area contributed by atoms with E-state index in [-0.39, 0.29) is 0 Å². The molecular weight excluding hydrogens is 258 g/mol. The molecule has 2 rings (SSSR count). The number of benzene rings is 1. The van der Waals surface area contributed by atoms with Gasteiger partial charge in [-0.1, -0.05) is 38.3 Å². The molecule has 0 amide bonds. The summed E-state index contributed by atoms with van der Waals surface area (Å²) in [4.78, 5) is 0.409. The number of sulfone groups is 1. The van der Waals surface area contributed by atoms with E-state index in [1.165, 1.54) is 31.9 Å². The Balaban J connectivity index is 2.23. The van der Waals surface area contributed by atoms with Crippen molar-refractivity contribution in [2.24, 2.45) is 5.92 Å². The van der Waals surface area contributed by atoms with Crippen LogP contribution >= 0.6 is 0 Å². The second kappa shape index (κ2) is 5.95. The Morgan fingerprint density at radius 1 is 1.11 bits per heavy atom. The smallest absolute Gasteiger partial charge is 0.177 e. The number of hydrogen-bond donors (Lipinski definition) is 1. The zero-order valence-corrected chi connectivity index (χ0v) is 12.5. The van der Waals surface area contributed by atoms with E-state index in [2.05, 4.69) is 12.2 Å². The Morgan fingerprint density at radius 2 is 1.79 bits per heavy atom. The van der Waals surface area contributed by atoms with Gasteiger partial charge in [-0.15, -0.1) is 0 Å². The van der Waals surface area contributed by atoms with Crippen LogP contribution in [0.15, 0.2) is 29.2 Å². The molecule has 0 radical (unpaired) electrons. The van der Waals surface area contributed by atoms with Gasteiger partial charge in [0.05, 0.1) is 10.6 Å². The first-order valence-corrected chi connectivity index (χ1v) is 8.93. The van der Waals surface area contributed by atoms with Crippen molar-refractivity contribution in [2.75, 3.05) is 11.6 Å². The van der Waals surface area contributed by atoms with Crippen LogP contribution in [0.2, 0.25) is 0 Å². The van der Waals surface area contributed by atoms with Crippen LogP contribution in [0.1, 0.15) is 39.0 Å². The van der Waals surface area contributed by atoms with Crippen LogP contribution in [0.25, 0.3) is 0 Å². The lowest BCUT2D eigenvalue weighted by atomic mass is 9.97. The first kappa shape index (κ1) is 14.4. The molecule has 0 bridgehead atoms. The van der Waals surface area contributed by atoms with Gasteiger partial charge in [-0.25, -0.2) is 8.42 Å². The van der Waals surface area contributed by atoms with Gasteiger partial charge in [0.1, 0.15) is 0 Å². The number of nitrogens with one attached hydrogen (secondary N) is 1. The number of hydrogen-bond acceptors (Lipinski definition) is 3. The van der Waals surface area contributed by atoms with Gasteiger partial charge >= 0.3 is 0 Å². The van der Waals surface area contributed by atoms with Crippen molar-refractivity contribution in [3.05, 3.63) is 24.3 Å². The van der Waals surface area contributed by atoms with Crippen LogP contribution in [-0.4, -0.2) is 20.7 Å². The summed E-state index contributed by atoms with van der Waals surface area (Å²) in [6, 6.07) is 7.59. The van der Waals surface area contributed by atoms with E-state index in [1.54, 1.807) is 12.1 Å². The largest absolute Gasteiger partial charge is 0.381 e. The predicted octanol–water partition coefficient (Wildman–Crippen LogP) is 3.47. The Kier molecular flexibility index (Phi) is 4.50. The van der Waals surface area contributed by atoms with Gasteiger partial charge in [-0.05, 0) is 30.9 Å². The maximum Gasteiger partial charge on any atom is 0.177 e. The third kappa shape index (κ3) is 3.72. The van der Waals surface area contributed by atoms with Crippen LogP contribution in [0.3, 0.4) is 0 Å². The Bertz CT molecular complexity index is 525. The van der Waals surface area contributed by atoms with E-state index in [1.807, 2.05) is 12.1 Å². The molecule has 0 aliphatic heterocycles. The van der Waals surface area contributed by atoms with Gasteiger partial charge in [0, 0.05) is 12.3 Å². The summed E-state index contributed by atoms with van der Waals surface area (Å²) in [6.07, 6.45) is 7.41. The third-order valence-corrected chi connectivity index (χ3v) is 5.14. The van der Waals surface area contributed by atoms with Crippen molar-refractivity contribution >= 4 is 15.5 Å². The molecule has 0 spiro atoms. The highest BCUT2D eigenvalue weighted by molar-refractivity contribution is 7.90. The van der Waals surface area contributed by atoms with Gasteiger partial charge in [0.15, 0.2) is 9.84 Å². The van der Waals surface area contributed by atoms with Gasteiger partial charge in [0.2, 0.25) is 0 Å². The highest BCUT2D eigenvalue weighted by Crippen LogP contribution is 2.28. The SMILES string of the molecule is CC1CCCCCC1Nc1ccccc1S(C)(=O)=O. The summed E-state index contributed by atoms with van der Waals surface area (Å²) in [5, 5.41) is 3.47. The number of para-hydroxylation sites is 1. The summed E-state index contributed by atoms with van der Waals surface area (Å²) >= 11 is 0. The fraction of sp³-hybridized carbons (Fsp3) is 0.600. The normalized spacial score (nSPS) is 24.7. The highest BCUT2D eigenvalue weighted by atomic mass is 32.2. The van der Waals surface area contributed by atoms with Crippen molar-refractivity contribution in [1.29, 1.82) is 0 Å². The number of rotatable bonds is 3. The Hall–Kier alpha value is -1.03. The van der Waals surface area contributed by atoms with Crippen LogP contribution in [0, 0.1) is 5.92 Å². The molecule has 0 heterocycles.